The normalized spacial score (nSPS) is 10.7. The summed E-state index contributed by atoms with van der Waals surface area (Å²) in [6, 6.07) is 3.77. The summed E-state index contributed by atoms with van der Waals surface area (Å²) < 4.78 is 18.4. The lowest BCUT2D eigenvalue weighted by Gasteiger charge is -2.09. The van der Waals surface area contributed by atoms with E-state index in [-0.39, 0.29) is 23.3 Å². The van der Waals surface area contributed by atoms with Gasteiger partial charge >= 0.3 is 0 Å². The third-order valence-corrected chi connectivity index (χ3v) is 2.57. The highest BCUT2D eigenvalue weighted by atomic mass is 19.1. The number of rotatable bonds is 7. The van der Waals surface area contributed by atoms with Crippen molar-refractivity contribution in [2.24, 2.45) is 0 Å². The Bertz CT molecular complexity index is 422. The number of hydrogen-bond acceptors (Lipinski definition) is 3. The molecule has 106 valence electrons. The van der Waals surface area contributed by atoms with E-state index < -0.39 is 5.82 Å². The first-order chi connectivity index (χ1) is 9.00. The van der Waals surface area contributed by atoms with E-state index in [1.165, 1.54) is 12.1 Å². The van der Waals surface area contributed by atoms with Crippen LogP contribution in [0.5, 0.6) is 0 Å². The van der Waals surface area contributed by atoms with Gasteiger partial charge in [0.05, 0.1) is 11.7 Å². The summed E-state index contributed by atoms with van der Waals surface area (Å²) in [4.78, 5) is 11.8. The number of halogens is 1. The number of nitrogens with two attached hydrogens (primary N) is 1. The lowest BCUT2D eigenvalue weighted by molar-refractivity contribution is 0.0754. The third-order valence-electron chi connectivity index (χ3n) is 2.57. The Kier molecular flexibility index (Phi) is 6.29. The van der Waals surface area contributed by atoms with Gasteiger partial charge in [-0.05, 0) is 44.9 Å². The summed E-state index contributed by atoms with van der Waals surface area (Å²) in [6.45, 7) is 5.16. The predicted molar refractivity (Wildman–Crippen MR) is 73.5 cm³/mol. The standard InChI is InChI=1S/C14H21FN2O2/c1-10(2)19-8-4-3-7-17-14(18)12-9-11(15)5-6-13(12)16/h5-6,9-10H,3-4,7-8,16H2,1-2H3,(H,17,18). The van der Waals surface area contributed by atoms with Crippen LogP contribution in [0.15, 0.2) is 18.2 Å². The van der Waals surface area contributed by atoms with E-state index in [9.17, 15) is 9.18 Å². The number of nitrogen functional groups attached to an aromatic ring is 1. The summed E-state index contributed by atoms with van der Waals surface area (Å²) in [6.07, 6.45) is 1.91. The summed E-state index contributed by atoms with van der Waals surface area (Å²) in [5.74, 6) is -0.813. The molecule has 0 fully saturated rings. The van der Waals surface area contributed by atoms with Crippen molar-refractivity contribution in [3.05, 3.63) is 29.6 Å². The van der Waals surface area contributed by atoms with Crippen LogP contribution in [0.3, 0.4) is 0 Å². The van der Waals surface area contributed by atoms with Crippen molar-refractivity contribution in [2.75, 3.05) is 18.9 Å². The molecule has 0 unspecified atom stereocenters. The van der Waals surface area contributed by atoms with Gasteiger partial charge in [0.2, 0.25) is 0 Å². The Morgan fingerprint density at radius 1 is 1.42 bits per heavy atom. The molecule has 19 heavy (non-hydrogen) atoms. The van der Waals surface area contributed by atoms with Crippen LogP contribution in [-0.4, -0.2) is 25.2 Å². The van der Waals surface area contributed by atoms with Crippen LogP contribution in [0.25, 0.3) is 0 Å². The first-order valence-corrected chi connectivity index (χ1v) is 6.45. The lowest BCUT2D eigenvalue weighted by atomic mass is 10.1. The van der Waals surface area contributed by atoms with E-state index in [4.69, 9.17) is 10.5 Å². The Morgan fingerprint density at radius 2 is 2.16 bits per heavy atom. The molecule has 0 atom stereocenters. The molecule has 0 spiro atoms. The zero-order chi connectivity index (χ0) is 14.3. The summed E-state index contributed by atoms with van der Waals surface area (Å²) in [5.41, 5.74) is 6.09. The zero-order valence-electron chi connectivity index (χ0n) is 11.4. The van der Waals surface area contributed by atoms with Gasteiger partial charge in [0, 0.05) is 18.8 Å². The zero-order valence-corrected chi connectivity index (χ0v) is 11.4. The maximum Gasteiger partial charge on any atom is 0.253 e. The molecule has 0 bridgehead atoms. The number of unbranched alkanes of at least 4 members (excludes halogenated alkanes) is 1. The number of carbonyl (C=O) groups is 1. The van der Waals surface area contributed by atoms with Crippen molar-refractivity contribution >= 4 is 11.6 Å². The third kappa shape index (κ3) is 5.70. The highest BCUT2D eigenvalue weighted by Crippen LogP contribution is 2.12. The molecular formula is C14H21FN2O2. The van der Waals surface area contributed by atoms with Crippen LogP contribution in [0.2, 0.25) is 0 Å². The molecule has 1 aromatic carbocycles. The second kappa shape index (κ2) is 7.74. The first kappa shape index (κ1) is 15.4. The molecule has 3 N–H and O–H groups in total. The second-order valence-electron chi connectivity index (χ2n) is 4.61. The van der Waals surface area contributed by atoms with Crippen LogP contribution in [-0.2, 0) is 4.74 Å². The van der Waals surface area contributed by atoms with E-state index in [0.717, 1.165) is 18.9 Å². The van der Waals surface area contributed by atoms with Gasteiger partial charge in [0.15, 0.2) is 0 Å². The summed E-state index contributed by atoms with van der Waals surface area (Å²) in [7, 11) is 0. The fourth-order valence-corrected chi connectivity index (χ4v) is 1.57. The Morgan fingerprint density at radius 3 is 2.84 bits per heavy atom. The number of nitrogens with one attached hydrogen (secondary N) is 1. The number of anilines is 1. The molecule has 0 aromatic heterocycles. The molecule has 0 heterocycles. The van der Waals surface area contributed by atoms with Gasteiger partial charge in [-0.25, -0.2) is 4.39 Å². The molecule has 0 aliphatic rings. The Hall–Kier alpha value is -1.62. The van der Waals surface area contributed by atoms with Crippen molar-refractivity contribution in [3.63, 3.8) is 0 Å². The minimum Gasteiger partial charge on any atom is -0.398 e. The van der Waals surface area contributed by atoms with Crippen molar-refractivity contribution in [3.8, 4) is 0 Å². The summed E-state index contributed by atoms with van der Waals surface area (Å²) in [5, 5.41) is 2.71. The van der Waals surface area contributed by atoms with Crippen LogP contribution in [0.4, 0.5) is 10.1 Å². The number of carbonyl (C=O) groups excluding carboxylic acids is 1. The smallest absolute Gasteiger partial charge is 0.253 e. The minimum atomic E-state index is -0.468. The number of benzene rings is 1. The summed E-state index contributed by atoms with van der Waals surface area (Å²) >= 11 is 0. The van der Waals surface area contributed by atoms with Crippen molar-refractivity contribution in [1.29, 1.82) is 0 Å². The number of amides is 1. The SMILES string of the molecule is CC(C)OCCCCNC(=O)c1cc(F)ccc1N. The molecule has 0 radical (unpaired) electrons. The molecular weight excluding hydrogens is 247 g/mol. The van der Waals surface area contributed by atoms with Gasteiger partial charge in [0.25, 0.3) is 5.91 Å². The fourth-order valence-electron chi connectivity index (χ4n) is 1.57. The molecule has 1 rings (SSSR count). The molecule has 0 aliphatic carbocycles. The maximum atomic E-state index is 13.0. The van der Waals surface area contributed by atoms with E-state index in [2.05, 4.69) is 5.32 Å². The van der Waals surface area contributed by atoms with Crippen LogP contribution < -0.4 is 11.1 Å². The van der Waals surface area contributed by atoms with Crippen LogP contribution >= 0.6 is 0 Å². The van der Waals surface area contributed by atoms with Gasteiger partial charge in [0.1, 0.15) is 5.82 Å². The van der Waals surface area contributed by atoms with Gasteiger partial charge in [-0.15, -0.1) is 0 Å². The average molecular weight is 268 g/mol. The van der Waals surface area contributed by atoms with E-state index in [0.29, 0.717) is 13.2 Å². The monoisotopic (exact) mass is 268 g/mol. The average Bonchev–Trinajstić information content (AvgIpc) is 2.36. The fraction of sp³-hybridized carbons (Fsp3) is 0.500. The van der Waals surface area contributed by atoms with E-state index in [1.54, 1.807) is 0 Å². The van der Waals surface area contributed by atoms with Crippen LogP contribution in [0.1, 0.15) is 37.0 Å². The molecule has 0 aliphatic heterocycles. The largest absolute Gasteiger partial charge is 0.398 e. The quantitative estimate of drug-likeness (QED) is 0.589. The van der Waals surface area contributed by atoms with Crippen molar-refractivity contribution in [1.82, 2.24) is 5.32 Å². The second-order valence-corrected chi connectivity index (χ2v) is 4.61. The van der Waals surface area contributed by atoms with Gasteiger partial charge < -0.3 is 15.8 Å². The van der Waals surface area contributed by atoms with Crippen molar-refractivity contribution < 1.29 is 13.9 Å². The predicted octanol–water partition coefficient (Wildman–Crippen LogP) is 2.34. The van der Waals surface area contributed by atoms with Crippen LogP contribution in [0, 0.1) is 5.82 Å². The highest BCUT2D eigenvalue weighted by molar-refractivity contribution is 5.99. The highest BCUT2D eigenvalue weighted by Gasteiger charge is 2.09. The van der Waals surface area contributed by atoms with Crippen molar-refractivity contribution in [2.45, 2.75) is 32.8 Å². The Balaban J connectivity index is 2.29. The van der Waals surface area contributed by atoms with E-state index >= 15 is 0 Å². The van der Waals surface area contributed by atoms with Gasteiger partial charge in [-0.2, -0.15) is 0 Å². The molecule has 4 nitrogen and oxygen atoms in total. The maximum absolute atomic E-state index is 13.0. The van der Waals surface area contributed by atoms with E-state index in [1.807, 2.05) is 13.8 Å². The van der Waals surface area contributed by atoms with Gasteiger partial charge in [-0.3, -0.25) is 4.79 Å². The Labute approximate surface area is 113 Å². The molecule has 5 heteroatoms. The minimum absolute atomic E-state index is 0.179. The molecule has 0 saturated heterocycles. The first-order valence-electron chi connectivity index (χ1n) is 6.45. The topological polar surface area (TPSA) is 64.3 Å². The molecule has 1 amide bonds. The molecule has 1 aromatic rings. The molecule has 0 saturated carbocycles. The van der Waals surface area contributed by atoms with Gasteiger partial charge in [-0.1, -0.05) is 0 Å². The number of ether oxygens (including phenoxy) is 1. The number of hydrogen-bond donors (Lipinski definition) is 2. The lowest BCUT2D eigenvalue weighted by Crippen LogP contribution is -2.25.